The minimum atomic E-state index is 0.187. The lowest BCUT2D eigenvalue weighted by molar-refractivity contribution is 0.101. The minimum absolute atomic E-state index is 0.187. The Morgan fingerprint density at radius 2 is 1.65 bits per heavy atom. The van der Waals surface area contributed by atoms with E-state index in [0.717, 1.165) is 5.56 Å². The Morgan fingerprint density at radius 1 is 0.950 bits per heavy atom. The van der Waals surface area contributed by atoms with Crippen LogP contribution in [0.4, 0.5) is 0 Å². The van der Waals surface area contributed by atoms with Gasteiger partial charge in [0.05, 0.1) is 0 Å². The van der Waals surface area contributed by atoms with Gasteiger partial charge in [0, 0.05) is 5.56 Å². The average Bonchev–Trinajstić information content (AvgIpc) is 3.01. The summed E-state index contributed by atoms with van der Waals surface area (Å²) in [6, 6.07) is 16.7. The maximum Gasteiger partial charge on any atom is 0.160 e. The molecule has 20 heavy (non-hydrogen) atoms. The zero-order valence-corrected chi connectivity index (χ0v) is 11.9. The van der Waals surface area contributed by atoms with Crippen LogP contribution < -0.4 is 0 Å². The zero-order valence-electron chi connectivity index (χ0n) is 11.9. The molecule has 1 aliphatic rings. The van der Waals surface area contributed by atoms with Crippen molar-refractivity contribution in [3.8, 4) is 11.1 Å². The van der Waals surface area contributed by atoms with Crippen LogP contribution in [0.3, 0.4) is 0 Å². The van der Waals surface area contributed by atoms with Crippen LogP contribution in [0.15, 0.2) is 48.5 Å². The molecule has 0 bridgehead atoms. The summed E-state index contributed by atoms with van der Waals surface area (Å²) in [5.41, 5.74) is 4.62. The molecule has 2 aromatic rings. The highest BCUT2D eigenvalue weighted by Gasteiger charge is 2.21. The van der Waals surface area contributed by atoms with Crippen molar-refractivity contribution in [1.82, 2.24) is 0 Å². The van der Waals surface area contributed by atoms with Crippen molar-refractivity contribution in [1.29, 1.82) is 0 Å². The van der Waals surface area contributed by atoms with Gasteiger partial charge in [0.2, 0.25) is 0 Å². The van der Waals surface area contributed by atoms with Gasteiger partial charge in [-0.1, -0.05) is 61.4 Å². The van der Waals surface area contributed by atoms with Gasteiger partial charge >= 0.3 is 0 Å². The molecule has 0 N–H and O–H groups in total. The Hall–Kier alpha value is -1.89. The van der Waals surface area contributed by atoms with E-state index in [-0.39, 0.29) is 5.78 Å². The van der Waals surface area contributed by atoms with Gasteiger partial charge in [-0.05, 0) is 42.4 Å². The summed E-state index contributed by atoms with van der Waals surface area (Å²) in [6.45, 7) is 1.68. The van der Waals surface area contributed by atoms with E-state index in [4.69, 9.17) is 0 Å². The first-order valence-electron chi connectivity index (χ1n) is 7.46. The van der Waals surface area contributed by atoms with Crippen molar-refractivity contribution >= 4 is 5.78 Å². The molecule has 1 heteroatoms. The van der Waals surface area contributed by atoms with Crippen LogP contribution in [-0.4, -0.2) is 5.78 Å². The number of rotatable bonds is 3. The number of carbonyl (C=O) groups excluding carboxylic acids is 1. The standard InChI is InChI=1S/C19H20O/c1-14(20)18-12-11-17(15-7-3-2-4-8-15)13-19(18)16-9-5-6-10-16/h2-4,7-8,11-13,16H,5-6,9-10H2,1H3. The summed E-state index contributed by atoms with van der Waals surface area (Å²) in [6.07, 6.45) is 5.02. The van der Waals surface area contributed by atoms with Crippen LogP contribution in [0.2, 0.25) is 0 Å². The number of hydrogen-bond donors (Lipinski definition) is 0. The molecular formula is C19H20O. The van der Waals surface area contributed by atoms with E-state index in [2.05, 4.69) is 36.4 Å². The van der Waals surface area contributed by atoms with E-state index >= 15 is 0 Å². The van der Waals surface area contributed by atoms with E-state index < -0.39 is 0 Å². The third-order valence-corrected chi connectivity index (χ3v) is 4.33. The van der Waals surface area contributed by atoms with Crippen LogP contribution >= 0.6 is 0 Å². The quantitative estimate of drug-likeness (QED) is 0.695. The van der Waals surface area contributed by atoms with E-state index in [1.165, 1.54) is 42.4 Å². The first-order chi connectivity index (χ1) is 9.75. The second-order valence-electron chi connectivity index (χ2n) is 5.71. The maximum atomic E-state index is 11.9. The number of benzene rings is 2. The Morgan fingerprint density at radius 3 is 2.30 bits per heavy atom. The van der Waals surface area contributed by atoms with Crippen molar-refractivity contribution in [2.24, 2.45) is 0 Å². The number of hydrogen-bond acceptors (Lipinski definition) is 1. The monoisotopic (exact) mass is 264 g/mol. The summed E-state index contributed by atoms with van der Waals surface area (Å²) in [7, 11) is 0. The zero-order chi connectivity index (χ0) is 13.9. The smallest absolute Gasteiger partial charge is 0.160 e. The van der Waals surface area contributed by atoms with Crippen molar-refractivity contribution in [2.45, 2.75) is 38.5 Å². The highest BCUT2D eigenvalue weighted by atomic mass is 16.1. The maximum absolute atomic E-state index is 11.9. The summed E-state index contributed by atoms with van der Waals surface area (Å²) < 4.78 is 0. The molecule has 0 amide bonds. The predicted molar refractivity (Wildman–Crippen MR) is 83.1 cm³/mol. The lowest BCUT2D eigenvalue weighted by Gasteiger charge is -2.15. The van der Waals surface area contributed by atoms with Gasteiger partial charge in [0.15, 0.2) is 5.78 Å². The van der Waals surface area contributed by atoms with Gasteiger partial charge in [-0.3, -0.25) is 4.79 Å². The second kappa shape index (κ2) is 5.62. The Labute approximate surface area is 120 Å². The SMILES string of the molecule is CC(=O)c1ccc(-c2ccccc2)cc1C1CCCC1. The van der Waals surface area contributed by atoms with Gasteiger partial charge in [0.1, 0.15) is 0 Å². The Bertz CT molecular complexity index is 607. The molecule has 0 unspecified atom stereocenters. The van der Waals surface area contributed by atoms with E-state index in [1.807, 2.05) is 12.1 Å². The summed E-state index contributed by atoms with van der Waals surface area (Å²) >= 11 is 0. The van der Waals surface area contributed by atoms with Gasteiger partial charge in [0.25, 0.3) is 0 Å². The molecule has 2 aromatic carbocycles. The fraction of sp³-hybridized carbons (Fsp3) is 0.316. The second-order valence-corrected chi connectivity index (χ2v) is 5.71. The molecule has 0 aromatic heterocycles. The first-order valence-corrected chi connectivity index (χ1v) is 7.46. The van der Waals surface area contributed by atoms with E-state index in [9.17, 15) is 4.79 Å². The van der Waals surface area contributed by atoms with Crippen molar-refractivity contribution in [2.75, 3.05) is 0 Å². The Kier molecular flexibility index (Phi) is 3.68. The highest BCUT2D eigenvalue weighted by molar-refractivity contribution is 5.96. The van der Waals surface area contributed by atoms with Crippen LogP contribution in [0, 0.1) is 0 Å². The molecule has 0 heterocycles. The van der Waals surface area contributed by atoms with Crippen molar-refractivity contribution in [3.63, 3.8) is 0 Å². The average molecular weight is 264 g/mol. The Balaban J connectivity index is 2.06. The molecule has 1 saturated carbocycles. The van der Waals surface area contributed by atoms with Crippen LogP contribution in [-0.2, 0) is 0 Å². The summed E-state index contributed by atoms with van der Waals surface area (Å²) in [5.74, 6) is 0.754. The topological polar surface area (TPSA) is 17.1 Å². The third-order valence-electron chi connectivity index (χ3n) is 4.33. The lowest BCUT2D eigenvalue weighted by Crippen LogP contribution is -2.03. The molecule has 102 valence electrons. The largest absolute Gasteiger partial charge is 0.295 e. The van der Waals surface area contributed by atoms with Crippen LogP contribution in [0.1, 0.15) is 54.4 Å². The van der Waals surface area contributed by atoms with E-state index in [0.29, 0.717) is 5.92 Å². The van der Waals surface area contributed by atoms with Gasteiger partial charge in [-0.2, -0.15) is 0 Å². The number of ketones is 1. The molecule has 1 aliphatic carbocycles. The van der Waals surface area contributed by atoms with Crippen molar-refractivity contribution in [3.05, 3.63) is 59.7 Å². The molecule has 1 fully saturated rings. The first kappa shape index (κ1) is 13.1. The summed E-state index contributed by atoms with van der Waals surface area (Å²) in [5, 5.41) is 0. The predicted octanol–water partition coefficient (Wildman–Crippen LogP) is 5.21. The third kappa shape index (κ3) is 2.53. The minimum Gasteiger partial charge on any atom is -0.295 e. The molecule has 1 nitrogen and oxygen atoms in total. The lowest BCUT2D eigenvalue weighted by atomic mass is 9.88. The molecule has 0 aliphatic heterocycles. The molecule has 0 atom stereocenters. The van der Waals surface area contributed by atoms with Gasteiger partial charge < -0.3 is 0 Å². The molecule has 3 rings (SSSR count). The fourth-order valence-corrected chi connectivity index (χ4v) is 3.27. The van der Waals surface area contributed by atoms with E-state index in [1.54, 1.807) is 6.92 Å². The highest BCUT2D eigenvalue weighted by Crippen LogP contribution is 2.37. The molecule has 0 radical (unpaired) electrons. The summed E-state index contributed by atoms with van der Waals surface area (Å²) in [4.78, 5) is 11.9. The fourth-order valence-electron chi connectivity index (χ4n) is 3.27. The van der Waals surface area contributed by atoms with Crippen LogP contribution in [0.5, 0.6) is 0 Å². The van der Waals surface area contributed by atoms with Gasteiger partial charge in [-0.25, -0.2) is 0 Å². The van der Waals surface area contributed by atoms with Crippen molar-refractivity contribution < 1.29 is 4.79 Å². The molecule has 0 spiro atoms. The van der Waals surface area contributed by atoms with Crippen LogP contribution in [0.25, 0.3) is 11.1 Å². The molecular weight excluding hydrogens is 244 g/mol. The molecule has 0 saturated heterocycles. The van der Waals surface area contributed by atoms with Gasteiger partial charge in [-0.15, -0.1) is 0 Å². The number of carbonyl (C=O) groups is 1. The normalized spacial score (nSPS) is 15.4. The number of Topliss-reactive ketones (excluding diaryl/α,β-unsaturated/α-hetero) is 1.